The highest BCUT2D eigenvalue weighted by Gasteiger charge is 2.18. The van der Waals surface area contributed by atoms with Gasteiger partial charge in [-0.05, 0) is 19.1 Å². The van der Waals surface area contributed by atoms with E-state index >= 15 is 0 Å². The first kappa shape index (κ1) is 15.9. The predicted octanol–water partition coefficient (Wildman–Crippen LogP) is 0.635. The van der Waals surface area contributed by atoms with Crippen LogP contribution in [-0.2, 0) is 9.59 Å². The summed E-state index contributed by atoms with van der Waals surface area (Å²) in [5.41, 5.74) is 1.25. The maximum absolute atomic E-state index is 11.8. The Kier molecular flexibility index (Phi) is 6.07. The molecule has 5 nitrogen and oxygen atoms in total. The molecule has 0 aromatic heterocycles. The smallest absolute Gasteiger partial charge is 0.234 e. The molecule has 0 saturated carbocycles. The van der Waals surface area contributed by atoms with Crippen LogP contribution < -0.4 is 10.6 Å². The number of hydrogen-bond acceptors (Lipinski definition) is 4. The average Bonchev–Trinajstić information content (AvgIpc) is 2.45. The SMILES string of the molecule is Cc1ccc(SCCNC(=O)CN2CCNC(=O)C2)cc1. The molecule has 2 N–H and O–H groups in total. The molecule has 0 spiro atoms. The van der Waals surface area contributed by atoms with E-state index in [0.717, 1.165) is 12.3 Å². The third kappa shape index (κ3) is 5.77. The maximum Gasteiger partial charge on any atom is 0.234 e. The van der Waals surface area contributed by atoms with E-state index in [1.165, 1.54) is 10.5 Å². The van der Waals surface area contributed by atoms with Crippen molar-refractivity contribution in [1.29, 1.82) is 0 Å². The van der Waals surface area contributed by atoms with Crippen molar-refractivity contribution in [2.24, 2.45) is 0 Å². The average molecular weight is 307 g/mol. The topological polar surface area (TPSA) is 61.4 Å². The highest BCUT2D eigenvalue weighted by molar-refractivity contribution is 7.99. The van der Waals surface area contributed by atoms with Gasteiger partial charge in [-0.1, -0.05) is 17.7 Å². The Labute approximate surface area is 129 Å². The van der Waals surface area contributed by atoms with Crippen molar-refractivity contribution in [3.63, 3.8) is 0 Å². The quantitative estimate of drug-likeness (QED) is 0.598. The van der Waals surface area contributed by atoms with E-state index in [4.69, 9.17) is 0 Å². The molecule has 6 heteroatoms. The lowest BCUT2D eigenvalue weighted by atomic mass is 10.2. The summed E-state index contributed by atoms with van der Waals surface area (Å²) >= 11 is 1.73. The van der Waals surface area contributed by atoms with Crippen LogP contribution in [0, 0.1) is 6.92 Å². The van der Waals surface area contributed by atoms with Crippen LogP contribution in [-0.4, -0.2) is 55.2 Å². The third-order valence-corrected chi connectivity index (χ3v) is 4.21. The van der Waals surface area contributed by atoms with E-state index in [9.17, 15) is 9.59 Å². The van der Waals surface area contributed by atoms with E-state index < -0.39 is 0 Å². The summed E-state index contributed by atoms with van der Waals surface area (Å²) in [7, 11) is 0. The summed E-state index contributed by atoms with van der Waals surface area (Å²) in [5, 5.41) is 5.64. The second kappa shape index (κ2) is 8.05. The number of rotatable bonds is 6. The largest absolute Gasteiger partial charge is 0.354 e. The van der Waals surface area contributed by atoms with Gasteiger partial charge in [0.05, 0.1) is 13.1 Å². The Hall–Kier alpha value is -1.53. The predicted molar refractivity (Wildman–Crippen MR) is 84.4 cm³/mol. The summed E-state index contributed by atoms with van der Waals surface area (Å²) in [6.45, 7) is 4.66. The van der Waals surface area contributed by atoms with Gasteiger partial charge in [-0.25, -0.2) is 0 Å². The molecule has 0 unspecified atom stereocenters. The summed E-state index contributed by atoms with van der Waals surface area (Å²) < 4.78 is 0. The van der Waals surface area contributed by atoms with Crippen LogP contribution in [0.5, 0.6) is 0 Å². The van der Waals surface area contributed by atoms with Gasteiger partial charge in [-0.3, -0.25) is 14.5 Å². The number of aryl methyl sites for hydroxylation is 1. The second-order valence-corrected chi connectivity index (χ2v) is 6.24. The standard InChI is InChI=1S/C15H21N3O2S/c1-12-2-4-13(5-3-12)21-9-7-17-15(20)11-18-8-6-16-14(19)10-18/h2-5H,6-11H2,1H3,(H,16,19)(H,17,20). The molecule has 1 aromatic rings. The lowest BCUT2D eigenvalue weighted by molar-refractivity contribution is -0.126. The second-order valence-electron chi connectivity index (χ2n) is 5.07. The molecule has 2 rings (SSSR count). The fourth-order valence-electron chi connectivity index (χ4n) is 2.08. The summed E-state index contributed by atoms with van der Waals surface area (Å²) in [6.07, 6.45) is 0. The van der Waals surface area contributed by atoms with Crippen molar-refractivity contribution in [2.75, 3.05) is 38.5 Å². The molecule has 0 radical (unpaired) electrons. The molecular formula is C15H21N3O2S. The number of piperazine rings is 1. The Balaban J connectivity index is 1.60. The molecule has 1 aliphatic rings. The van der Waals surface area contributed by atoms with Crippen molar-refractivity contribution in [2.45, 2.75) is 11.8 Å². The molecular weight excluding hydrogens is 286 g/mol. The van der Waals surface area contributed by atoms with Gasteiger partial charge >= 0.3 is 0 Å². The minimum atomic E-state index is -0.0193. The van der Waals surface area contributed by atoms with Gasteiger partial charge in [0, 0.05) is 30.3 Å². The Morgan fingerprint density at radius 2 is 2.14 bits per heavy atom. The molecule has 114 valence electrons. The van der Waals surface area contributed by atoms with Gasteiger partial charge < -0.3 is 10.6 Å². The summed E-state index contributed by atoms with van der Waals surface area (Å²) in [4.78, 5) is 26.1. The van der Waals surface area contributed by atoms with Crippen LogP contribution in [0.4, 0.5) is 0 Å². The van der Waals surface area contributed by atoms with Gasteiger partial charge in [0.25, 0.3) is 0 Å². The first-order valence-electron chi connectivity index (χ1n) is 7.09. The van der Waals surface area contributed by atoms with Crippen LogP contribution in [0.2, 0.25) is 0 Å². The number of hydrogen-bond donors (Lipinski definition) is 2. The highest BCUT2D eigenvalue weighted by atomic mass is 32.2. The number of nitrogens with one attached hydrogen (secondary N) is 2. The van der Waals surface area contributed by atoms with Gasteiger partial charge in [0.1, 0.15) is 0 Å². The number of nitrogens with zero attached hydrogens (tertiary/aromatic N) is 1. The first-order chi connectivity index (χ1) is 10.1. The van der Waals surface area contributed by atoms with Crippen molar-refractivity contribution in [3.05, 3.63) is 29.8 Å². The zero-order chi connectivity index (χ0) is 15.1. The maximum atomic E-state index is 11.8. The van der Waals surface area contributed by atoms with Crippen molar-refractivity contribution in [3.8, 4) is 0 Å². The van der Waals surface area contributed by atoms with Gasteiger partial charge in [0.15, 0.2) is 0 Å². The minimum Gasteiger partial charge on any atom is -0.354 e. The monoisotopic (exact) mass is 307 g/mol. The fraction of sp³-hybridized carbons (Fsp3) is 0.467. The number of benzene rings is 1. The third-order valence-electron chi connectivity index (χ3n) is 3.20. The molecule has 1 aliphatic heterocycles. The van der Waals surface area contributed by atoms with E-state index in [0.29, 0.717) is 26.2 Å². The van der Waals surface area contributed by atoms with Gasteiger partial charge in [-0.15, -0.1) is 11.8 Å². The number of carbonyl (C=O) groups excluding carboxylic acids is 2. The lowest BCUT2D eigenvalue weighted by Crippen LogP contribution is -2.50. The molecule has 21 heavy (non-hydrogen) atoms. The number of thioether (sulfide) groups is 1. The van der Waals surface area contributed by atoms with Crippen molar-refractivity contribution < 1.29 is 9.59 Å². The minimum absolute atomic E-state index is 0.0102. The van der Waals surface area contributed by atoms with Crippen LogP contribution >= 0.6 is 11.8 Å². The molecule has 1 saturated heterocycles. The van der Waals surface area contributed by atoms with Crippen LogP contribution in [0.25, 0.3) is 0 Å². The summed E-state index contributed by atoms with van der Waals surface area (Å²) in [5.74, 6) is 0.813. The Morgan fingerprint density at radius 3 is 2.86 bits per heavy atom. The lowest BCUT2D eigenvalue weighted by Gasteiger charge is -2.25. The molecule has 0 bridgehead atoms. The van der Waals surface area contributed by atoms with Gasteiger partial charge in [0.2, 0.25) is 11.8 Å². The molecule has 2 amide bonds. The zero-order valence-corrected chi connectivity index (χ0v) is 13.0. The molecule has 1 fully saturated rings. The van der Waals surface area contributed by atoms with E-state index in [1.54, 1.807) is 11.8 Å². The molecule has 0 aliphatic carbocycles. The first-order valence-corrected chi connectivity index (χ1v) is 8.07. The number of amides is 2. The van der Waals surface area contributed by atoms with E-state index in [1.807, 2.05) is 4.90 Å². The zero-order valence-electron chi connectivity index (χ0n) is 12.2. The van der Waals surface area contributed by atoms with Crippen molar-refractivity contribution in [1.82, 2.24) is 15.5 Å². The van der Waals surface area contributed by atoms with Crippen molar-refractivity contribution >= 4 is 23.6 Å². The normalized spacial score (nSPS) is 15.6. The number of carbonyl (C=O) groups is 2. The van der Waals surface area contributed by atoms with Crippen LogP contribution in [0.1, 0.15) is 5.56 Å². The summed E-state index contributed by atoms with van der Waals surface area (Å²) in [6, 6.07) is 8.35. The van der Waals surface area contributed by atoms with Crippen LogP contribution in [0.3, 0.4) is 0 Å². The molecule has 1 heterocycles. The van der Waals surface area contributed by atoms with Crippen LogP contribution in [0.15, 0.2) is 29.2 Å². The highest BCUT2D eigenvalue weighted by Crippen LogP contribution is 2.17. The Bertz CT molecular complexity index is 490. The fourth-order valence-corrected chi connectivity index (χ4v) is 2.85. The van der Waals surface area contributed by atoms with E-state index in [2.05, 4.69) is 41.8 Å². The molecule has 1 aromatic carbocycles. The molecule has 0 atom stereocenters. The van der Waals surface area contributed by atoms with Gasteiger partial charge in [-0.2, -0.15) is 0 Å². The van der Waals surface area contributed by atoms with E-state index in [-0.39, 0.29) is 11.8 Å². The Morgan fingerprint density at radius 1 is 1.38 bits per heavy atom.